The van der Waals surface area contributed by atoms with E-state index in [2.05, 4.69) is 22.2 Å². The second-order valence-corrected chi connectivity index (χ2v) is 4.51. The van der Waals surface area contributed by atoms with E-state index < -0.39 is 0 Å². The standard InChI is InChI=1S/C11H16ClN3O/c1-8(9-2-4-16-5-3-9)15-11-10(12)6-13-7-14-11/h6-9H,2-5H2,1H3,(H,13,14,15). The maximum absolute atomic E-state index is 6.00. The molecule has 1 aliphatic heterocycles. The van der Waals surface area contributed by atoms with Crippen LogP contribution in [0.25, 0.3) is 0 Å². The quantitative estimate of drug-likeness (QED) is 0.883. The van der Waals surface area contributed by atoms with Crippen molar-refractivity contribution in [1.29, 1.82) is 0 Å². The van der Waals surface area contributed by atoms with E-state index in [1.165, 1.54) is 6.33 Å². The van der Waals surface area contributed by atoms with E-state index in [9.17, 15) is 0 Å². The lowest BCUT2D eigenvalue weighted by Crippen LogP contribution is -2.31. The fourth-order valence-corrected chi connectivity index (χ4v) is 2.13. The van der Waals surface area contributed by atoms with Gasteiger partial charge in [-0.15, -0.1) is 0 Å². The molecular weight excluding hydrogens is 226 g/mol. The molecule has 0 amide bonds. The van der Waals surface area contributed by atoms with Crippen molar-refractivity contribution in [3.8, 4) is 0 Å². The summed E-state index contributed by atoms with van der Waals surface area (Å²) in [6.07, 6.45) is 5.30. The van der Waals surface area contributed by atoms with Crippen molar-refractivity contribution in [3.63, 3.8) is 0 Å². The van der Waals surface area contributed by atoms with Gasteiger partial charge in [-0.25, -0.2) is 9.97 Å². The molecule has 88 valence electrons. The van der Waals surface area contributed by atoms with Crippen molar-refractivity contribution in [3.05, 3.63) is 17.5 Å². The van der Waals surface area contributed by atoms with Gasteiger partial charge in [-0.2, -0.15) is 0 Å². The Morgan fingerprint density at radius 2 is 2.25 bits per heavy atom. The van der Waals surface area contributed by atoms with Gasteiger partial charge in [-0.05, 0) is 25.7 Å². The third-order valence-electron chi connectivity index (χ3n) is 3.01. The molecule has 16 heavy (non-hydrogen) atoms. The number of halogens is 1. The number of anilines is 1. The van der Waals surface area contributed by atoms with Crippen LogP contribution < -0.4 is 5.32 Å². The molecule has 0 aliphatic carbocycles. The van der Waals surface area contributed by atoms with E-state index in [1.54, 1.807) is 6.20 Å². The molecule has 2 heterocycles. The first-order valence-corrected chi connectivity index (χ1v) is 5.95. The minimum atomic E-state index is 0.358. The molecule has 1 fully saturated rings. The predicted octanol–water partition coefficient (Wildman–Crippen LogP) is 2.36. The largest absolute Gasteiger partial charge is 0.381 e. The van der Waals surface area contributed by atoms with E-state index in [1.807, 2.05) is 0 Å². The minimum absolute atomic E-state index is 0.358. The summed E-state index contributed by atoms with van der Waals surface area (Å²) in [5, 5.41) is 3.91. The average molecular weight is 242 g/mol. The van der Waals surface area contributed by atoms with Crippen LogP contribution >= 0.6 is 11.6 Å². The zero-order valence-corrected chi connectivity index (χ0v) is 10.1. The second-order valence-electron chi connectivity index (χ2n) is 4.10. The highest BCUT2D eigenvalue weighted by atomic mass is 35.5. The Morgan fingerprint density at radius 3 is 2.94 bits per heavy atom. The predicted molar refractivity (Wildman–Crippen MR) is 63.7 cm³/mol. The summed E-state index contributed by atoms with van der Waals surface area (Å²) in [7, 11) is 0. The van der Waals surface area contributed by atoms with Crippen LogP contribution in [-0.4, -0.2) is 29.2 Å². The molecule has 1 aromatic rings. The minimum Gasteiger partial charge on any atom is -0.381 e. The van der Waals surface area contributed by atoms with Gasteiger partial charge < -0.3 is 10.1 Å². The van der Waals surface area contributed by atoms with Crippen molar-refractivity contribution in [2.75, 3.05) is 18.5 Å². The summed E-state index contributed by atoms with van der Waals surface area (Å²) in [5.41, 5.74) is 0. The summed E-state index contributed by atoms with van der Waals surface area (Å²) >= 11 is 6.00. The first-order chi connectivity index (χ1) is 7.77. The molecular formula is C11H16ClN3O. The molecule has 0 spiro atoms. The Hall–Kier alpha value is -0.870. The molecule has 2 rings (SSSR count). The third-order valence-corrected chi connectivity index (χ3v) is 3.28. The fourth-order valence-electron chi connectivity index (χ4n) is 1.97. The summed E-state index contributed by atoms with van der Waals surface area (Å²) in [6.45, 7) is 3.87. The SMILES string of the molecule is CC(Nc1ncncc1Cl)C1CCOCC1. The number of hydrogen-bond donors (Lipinski definition) is 1. The maximum Gasteiger partial charge on any atom is 0.148 e. The molecule has 0 saturated carbocycles. The monoisotopic (exact) mass is 241 g/mol. The van der Waals surface area contributed by atoms with E-state index in [-0.39, 0.29) is 0 Å². The second kappa shape index (κ2) is 5.46. The summed E-state index contributed by atoms with van der Waals surface area (Å²) in [5.74, 6) is 1.34. The van der Waals surface area contributed by atoms with Crippen LogP contribution in [0.5, 0.6) is 0 Å². The smallest absolute Gasteiger partial charge is 0.148 e. The molecule has 0 bridgehead atoms. The Kier molecular flexibility index (Phi) is 3.96. The Balaban J connectivity index is 1.96. The normalized spacial score (nSPS) is 19.4. The van der Waals surface area contributed by atoms with Gasteiger partial charge >= 0.3 is 0 Å². The molecule has 1 unspecified atom stereocenters. The van der Waals surface area contributed by atoms with Crippen LogP contribution in [0, 0.1) is 5.92 Å². The van der Waals surface area contributed by atoms with Gasteiger partial charge in [0.05, 0.1) is 6.20 Å². The first kappa shape index (κ1) is 11.6. The van der Waals surface area contributed by atoms with Gasteiger partial charge in [0, 0.05) is 19.3 Å². The van der Waals surface area contributed by atoms with E-state index >= 15 is 0 Å². The summed E-state index contributed by atoms with van der Waals surface area (Å²) in [6, 6.07) is 0.358. The highest BCUT2D eigenvalue weighted by molar-refractivity contribution is 6.32. The van der Waals surface area contributed by atoms with Crippen molar-refractivity contribution in [2.24, 2.45) is 5.92 Å². The van der Waals surface area contributed by atoms with Crippen molar-refractivity contribution in [2.45, 2.75) is 25.8 Å². The van der Waals surface area contributed by atoms with E-state index in [0.29, 0.717) is 17.0 Å². The molecule has 1 aliphatic rings. The lowest BCUT2D eigenvalue weighted by atomic mass is 9.93. The molecule has 0 radical (unpaired) electrons. The maximum atomic E-state index is 6.00. The number of nitrogens with zero attached hydrogens (tertiary/aromatic N) is 2. The molecule has 1 saturated heterocycles. The van der Waals surface area contributed by atoms with Crippen LogP contribution in [0.2, 0.25) is 5.02 Å². The van der Waals surface area contributed by atoms with E-state index in [4.69, 9.17) is 16.3 Å². The van der Waals surface area contributed by atoms with Gasteiger partial charge in [-0.3, -0.25) is 0 Å². The van der Waals surface area contributed by atoms with Gasteiger partial charge in [0.2, 0.25) is 0 Å². The summed E-state index contributed by atoms with van der Waals surface area (Å²) in [4.78, 5) is 7.99. The zero-order chi connectivity index (χ0) is 11.4. The Morgan fingerprint density at radius 1 is 1.50 bits per heavy atom. The number of nitrogens with one attached hydrogen (secondary N) is 1. The third kappa shape index (κ3) is 2.83. The molecule has 1 atom stereocenters. The molecule has 5 heteroatoms. The van der Waals surface area contributed by atoms with Crippen molar-refractivity contribution < 1.29 is 4.74 Å². The van der Waals surface area contributed by atoms with Crippen LogP contribution in [0.15, 0.2) is 12.5 Å². The highest BCUT2D eigenvalue weighted by Gasteiger charge is 2.21. The van der Waals surface area contributed by atoms with Crippen molar-refractivity contribution >= 4 is 17.4 Å². The molecule has 1 N–H and O–H groups in total. The van der Waals surface area contributed by atoms with Crippen LogP contribution in [0.4, 0.5) is 5.82 Å². The topological polar surface area (TPSA) is 47.0 Å². The lowest BCUT2D eigenvalue weighted by Gasteiger charge is -2.28. The fraction of sp³-hybridized carbons (Fsp3) is 0.636. The van der Waals surface area contributed by atoms with Gasteiger partial charge in [0.25, 0.3) is 0 Å². The number of ether oxygens (including phenoxy) is 1. The van der Waals surface area contributed by atoms with Crippen LogP contribution in [0.3, 0.4) is 0 Å². The van der Waals surface area contributed by atoms with Gasteiger partial charge in [-0.1, -0.05) is 11.6 Å². The first-order valence-electron chi connectivity index (χ1n) is 5.57. The summed E-state index contributed by atoms with van der Waals surface area (Å²) < 4.78 is 5.34. The van der Waals surface area contributed by atoms with Crippen LogP contribution in [0.1, 0.15) is 19.8 Å². The highest BCUT2D eigenvalue weighted by Crippen LogP contribution is 2.23. The number of hydrogen-bond acceptors (Lipinski definition) is 4. The molecule has 4 nitrogen and oxygen atoms in total. The number of rotatable bonds is 3. The van der Waals surface area contributed by atoms with Crippen LogP contribution in [-0.2, 0) is 4.74 Å². The average Bonchev–Trinajstić information content (AvgIpc) is 2.33. The van der Waals surface area contributed by atoms with Crippen molar-refractivity contribution in [1.82, 2.24) is 9.97 Å². The zero-order valence-electron chi connectivity index (χ0n) is 9.32. The molecule has 0 aromatic carbocycles. The van der Waals surface area contributed by atoms with Gasteiger partial charge in [0.15, 0.2) is 0 Å². The lowest BCUT2D eigenvalue weighted by molar-refractivity contribution is 0.0622. The number of aromatic nitrogens is 2. The van der Waals surface area contributed by atoms with Gasteiger partial charge in [0.1, 0.15) is 17.2 Å². The Bertz CT molecular complexity index is 342. The Labute approximate surface area is 100 Å². The molecule has 1 aromatic heterocycles. The van der Waals surface area contributed by atoms with E-state index in [0.717, 1.165) is 31.9 Å².